The van der Waals surface area contributed by atoms with Gasteiger partial charge in [-0.2, -0.15) is 0 Å². The number of nitrogens with zero attached hydrogens (tertiary/aromatic N) is 2. The molecule has 1 saturated heterocycles. The number of rotatable bonds is 6. The second-order valence-corrected chi connectivity index (χ2v) is 8.50. The average Bonchev–Trinajstić information content (AvgIpc) is 2.89. The molecule has 0 atom stereocenters. The van der Waals surface area contributed by atoms with Gasteiger partial charge >= 0.3 is 5.97 Å². The third-order valence-corrected chi connectivity index (χ3v) is 6.01. The molecule has 0 aliphatic carbocycles. The van der Waals surface area contributed by atoms with Crippen LogP contribution in [-0.4, -0.2) is 55.5 Å². The van der Waals surface area contributed by atoms with Crippen molar-refractivity contribution in [1.82, 2.24) is 4.90 Å². The first kappa shape index (κ1) is 24.3. The number of amides is 2. The molecule has 35 heavy (non-hydrogen) atoms. The van der Waals surface area contributed by atoms with Crippen LogP contribution in [0.3, 0.4) is 0 Å². The summed E-state index contributed by atoms with van der Waals surface area (Å²) in [5, 5.41) is 3.38. The first-order chi connectivity index (χ1) is 17.0. The highest BCUT2D eigenvalue weighted by Crippen LogP contribution is 2.30. The molecule has 1 heterocycles. The molecule has 0 bridgehead atoms. The number of carbonyl (C=O) groups excluding carboxylic acids is 3. The zero-order chi connectivity index (χ0) is 24.8. The number of hydrogen-bond acceptors (Lipinski definition) is 5. The molecule has 180 valence electrons. The summed E-state index contributed by atoms with van der Waals surface area (Å²) in [7, 11) is 0. The molecule has 1 N–H and O–H groups in total. The molecular formula is C27H26ClN3O4. The number of anilines is 2. The van der Waals surface area contributed by atoms with Crippen LogP contribution >= 0.6 is 11.6 Å². The van der Waals surface area contributed by atoms with E-state index in [0.717, 1.165) is 5.69 Å². The minimum atomic E-state index is -0.462. The molecule has 7 nitrogen and oxygen atoms in total. The topological polar surface area (TPSA) is 79.0 Å². The lowest BCUT2D eigenvalue weighted by Crippen LogP contribution is -2.49. The second kappa shape index (κ2) is 11.1. The Morgan fingerprint density at radius 3 is 2.26 bits per heavy atom. The number of carbonyl (C=O) groups is 3. The van der Waals surface area contributed by atoms with E-state index in [-0.39, 0.29) is 18.4 Å². The Morgan fingerprint density at radius 2 is 1.57 bits per heavy atom. The number of nitrogens with one attached hydrogen (secondary N) is 1. The lowest BCUT2D eigenvalue weighted by Gasteiger charge is -2.37. The zero-order valence-electron chi connectivity index (χ0n) is 19.4. The van der Waals surface area contributed by atoms with Crippen LogP contribution in [0.25, 0.3) is 0 Å². The van der Waals surface area contributed by atoms with Gasteiger partial charge in [-0.05, 0) is 55.5 Å². The summed E-state index contributed by atoms with van der Waals surface area (Å²) in [6.07, 6.45) is 0. The van der Waals surface area contributed by atoms with Crippen LogP contribution in [0.2, 0.25) is 5.02 Å². The minimum absolute atomic E-state index is 0.00242. The van der Waals surface area contributed by atoms with E-state index < -0.39 is 5.97 Å². The van der Waals surface area contributed by atoms with Crippen molar-refractivity contribution in [2.45, 2.75) is 6.92 Å². The molecule has 0 radical (unpaired) electrons. The molecule has 4 rings (SSSR count). The number of halogens is 1. The lowest BCUT2D eigenvalue weighted by molar-refractivity contribution is 0.0526. The van der Waals surface area contributed by atoms with Gasteiger partial charge in [0.15, 0.2) is 0 Å². The Bertz CT molecular complexity index is 1220. The first-order valence-corrected chi connectivity index (χ1v) is 11.8. The molecule has 3 aromatic carbocycles. The van der Waals surface area contributed by atoms with Crippen LogP contribution in [0.5, 0.6) is 0 Å². The number of esters is 1. The number of piperazine rings is 1. The maximum absolute atomic E-state index is 12.9. The van der Waals surface area contributed by atoms with E-state index in [2.05, 4.69) is 10.2 Å². The van der Waals surface area contributed by atoms with Crippen LogP contribution in [0, 0.1) is 0 Å². The lowest BCUT2D eigenvalue weighted by atomic mass is 10.1. The van der Waals surface area contributed by atoms with E-state index in [0.29, 0.717) is 53.6 Å². The van der Waals surface area contributed by atoms with Crippen molar-refractivity contribution in [2.24, 2.45) is 0 Å². The minimum Gasteiger partial charge on any atom is -0.462 e. The van der Waals surface area contributed by atoms with Gasteiger partial charge in [0.2, 0.25) is 0 Å². The van der Waals surface area contributed by atoms with Gasteiger partial charge in [0, 0.05) is 42.3 Å². The molecule has 1 aliphatic rings. The first-order valence-electron chi connectivity index (χ1n) is 11.4. The molecule has 1 fully saturated rings. The summed E-state index contributed by atoms with van der Waals surface area (Å²) in [4.78, 5) is 42.0. The Kier molecular flexibility index (Phi) is 7.67. The van der Waals surface area contributed by atoms with Crippen LogP contribution < -0.4 is 10.2 Å². The molecule has 0 saturated carbocycles. The third-order valence-electron chi connectivity index (χ3n) is 5.77. The quantitative estimate of drug-likeness (QED) is 0.504. The average molecular weight is 492 g/mol. The van der Waals surface area contributed by atoms with Crippen molar-refractivity contribution in [2.75, 3.05) is 43.0 Å². The van der Waals surface area contributed by atoms with Crippen LogP contribution in [0.15, 0.2) is 72.8 Å². The highest BCUT2D eigenvalue weighted by atomic mass is 35.5. The summed E-state index contributed by atoms with van der Waals surface area (Å²) < 4.78 is 5.13. The fourth-order valence-corrected chi connectivity index (χ4v) is 4.18. The molecule has 0 aromatic heterocycles. The van der Waals surface area contributed by atoms with Gasteiger partial charge in [0.25, 0.3) is 11.8 Å². The van der Waals surface area contributed by atoms with E-state index in [1.807, 2.05) is 35.2 Å². The Morgan fingerprint density at radius 1 is 0.857 bits per heavy atom. The second-order valence-electron chi connectivity index (χ2n) is 8.06. The monoisotopic (exact) mass is 491 g/mol. The summed E-state index contributed by atoms with van der Waals surface area (Å²) in [6, 6.07) is 21.0. The van der Waals surface area contributed by atoms with Crippen LogP contribution in [0.4, 0.5) is 11.4 Å². The number of benzene rings is 3. The predicted molar refractivity (Wildman–Crippen MR) is 136 cm³/mol. The van der Waals surface area contributed by atoms with Gasteiger partial charge in [-0.1, -0.05) is 35.9 Å². The summed E-state index contributed by atoms with van der Waals surface area (Å²) >= 11 is 6.05. The van der Waals surface area contributed by atoms with E-state index in [9.17, 15) is 14.4 Å². The third kappa shape index (κ3) is 5.81. The molecule has 1 aliphatic heterocycles. The van der Waals surface area contributed by atoms with Crippen molar-refractivity contribution in [3.05, 3.63) is 94.5 Å². The number of hydrogen-bond donors (Lipinski definition) is 1. The fourth-order valence-electron chi connectivity index (χ4n) is 3.99. The Hall–Kier alpha value is -3.84. The fraction of sp³-hybridized carbons (Fsp3) is 0.222. The van der Waals surface area contributed by atoms with Crippen molar-refractivity contribution >= 4 is 40.8 Å². The summed E-state index contributed by atoms with van der Waals surface area (Å²) in [6.45, 7) is 4.23. The smallest absolute Gasteiger partial charge is 0.338 e. The van der Waals surface area contributed by atoms with Gasteiger partial charge in [-0.3, -0.25) is 9.59 Å². The van der Waals surface area contributed by atoms with Crippen molar-refractivity contribution in [3.8, 4) is 0 Å². The van der Waals surface area contributed by atoms with E-state index in [1.54, 1.807) is 49.4 Å². The molecule has 3 aromatic rings. The Labute approximate surface area is 209 Å². The SMILES string of the molecule is CCOC(=O)c1ccc(N2CCN(C(=O)c3ccccc3)CC2)c(NC(=O)c2cccc(Cl)c2)c1. The Balaban J connectivity index is 1.55. The van der Waals surface area contributed by atoms with Gasteiger partial charge in [0.05, 0.1) is 23.5 Å². The van der Waals surface area contributed by atoms with Crippen LogP contribution in [-0.2, 0) is 4.74 Å². The van der Waals surface area contributed by atoms with Gasteiger partial charge in [-0.25, -0.2) is 4.79 Å². The zero-order valence-corrected chi connectivity index (χ0v) is 20.1. The summed E-state index contributed by atoms with van der Waals surface area (Å²) in [5.74, 6) is -0.805. The number of ether oxygens (including phenoxy) is 1. The van der Waals surface area contributed by atoms with E-state index in [4.69, 9.17) is 16.3 Å². The normalized spacial score (nSPS) is 13.3. The van der Waals surface area contributed by atoms with Crippen molar-refractivity contribution in [3.63, 3.8) is 0 Å². The van der Waals surface area contributed by atoms with Gasteiger partial charge < -0.3 is 19.9 Å². The van der Waals surface area contributed by atoms with Gasteiger partial charge in [0.1, 0.15) is 0 Å². The predicted octanol–water partition coefficient (Wildman–Crippen LogP) is 4.73. The maximum atomic E-state index is 12.9. The van der Waals surface area contributed by atoms with Crippen molar-refractivity contribution in [1.29, 1.82) is 0 Å². The highest BCUT2D eigenvalue weighted by molar-refractivity contribution is 6.31. The van der Waals surface area contributed by atoms with E-state index in [1.165, 1.54) is 0 Å². The molecular weight excluding hydrogens is 466 g/mol. The van der Waals surface area contributed by atoms with E-state index >= 15 is 0 Å². The molecule has 8 heteroatoms. The highest BCUT2D eigenvalue weighted by Gasteiger charge is 2.25. The standard InChI is InChI=1S/C27H26ClN3O4/c1-2-35-27(34)21-11-12-24(23(18-21)29-25(32)20-9-6-10-22(28)17-20)30-13-15-31(16-14-30)26(33)19-7-4-3-5-8-19/h3-12,17-18H,2,13-16H2,1H3,(H,29,32). The molecule has 0 spiro atoms. The molecule has 2 amide bonds. The largest absolute Gasteiger partial charge is 0.462 e. The maximum Gasteiger partial charge on any atom is 0.338 e. The van der Waals surface area contributed by atoms with Gasteiger partial charge in [-0.15, -0.1) is 0 Å². The van der Waals surface area contributed by atoms with Crippen molar-refractivity contribution < 1.29 is 19.1 Å². The van der Waals surface area contributed by atoms with Crippen LogP contribution in [0.1, 0.15) is 38.0 Å². The molecule has 0 unspecified atom stereocenters. The summed E-state index contributed by atoms with van der Waals surface area (Å²) in [5.41, 5.74) is 2.66.